The van der Waals surface area contributed by atoms with Gasteiger partial charge in [0.2, 0.25) is 0 Å². The second-order valence-corrected chi connectivity index (χ2v) is 5.16. The zero-order valence-corrected chi connectivity index (χ0v) is 12.3. The van der Waals surface area contributed by atoms with Crippen molar-refractivity contribution in [3.05, 3.63) is 88.1 Å². The van der Waals surface area contributed by atoms with E-state index in [1.54, 1.807) is 0 Å². The SMILES string of the molecule is O=c1c(-c2ccc(F)cc2)c(CO)cnn1Cc1ccccc1. The maximum Gasteiger partial charge on any atom is 0.275 e. The summed E-state index contributed by atoms with van der Waals surface area (Å²) in [6.45, 7) is 0.0285. The van der Waals surface area contributed by atoms with Crippen LogP contribution < -0.4 is 5.56 Å². The van der Waals surface area contributed by atoms with Crippen LogP contribution in [0.3, 0.4) is 0 Å². The number of halogens is 1. The van der Waals surface area contributed by atoms with Gasteiger partial charge in [-0.1, -0.05) is 42.5 Å². The van der Waals surface area contributed by atoms with E-state index in [1.807, 2.05) is 30.3 Å². The molecule has 1 N–H and O–H groups in total. The van der Waals surface area contributed by atoms with Gasteiger partial charge in [0.05, 0.1) is 24.9 Å². The Bertz CT molecular complexity index is 858. The Labute approximate surface area is 132 Å². The normalized spacial score (nSPS) is 10.7. The highest BCUT2D eigenvalue weighted by molar-refractivity contribution is 5.65. The predicted octanol–water partition coefficient (Wildman–Crippen LogP) is 2.59. The first-order valence-electron chi connectivity index (χ1n) is 7.19. The van der Waals surface area contributed by atoms with E-state index in [9.17, 15) is 14.3 Å². The predicted molar refractivity (Wildman–Crippen MR) is 85.4 cm³/mol. The molecule has 2 aromatic carbocycles. The first-order chi connectivity index (χ1) is 11.2. The Kier molecular flexibility index (Phi) is 4.30. The van der Waals surface area contributed by atoms with Crippen molar-refractivity contribution >= 4 is 0 Å². The molecule has 4 nitrogen and oxygen atoms in total. The summed E-state index contributed by atoms with van der Waals surface area (Å²) in [4.78, 5) is 12.7. The molecule has 0 aliphatic carbocycles. The van der Waals surface area contributed by atoms with Crippen LogP contribution in [0.2, 0.25) is 0 Å². The summed E-state index contributed by atoms with van der Waals surface area (Å²) >= 11 is 0. The molecule has 0 saturated carbocycles. The lowest BCUT2D eigenvalue weighted by molar-refractivity contribution is 0.281. The fraction of sp³-hybridized carbons (Fsp3) is 0.111. The molecule has 0 bridgehead atoms. The molecule has 0 fully saturated rings. The lowest BCUT2D eigenvalue weighted by Gasteiger charge is -2.11. The van der Waals surface area contributed by atoms with E-state index in [0.717, 1.165) is 5.56 Å². The second-order valence-electron chi connectivity index (χ2n) is 5.16. The van der Waals surface area contributed by atoms with Gasteiger partial charge in [0.1, 0.15) is 5.82 Å². The number of benzene rings is 2. The van der Waals surface area contributed by atoms with Crippen LogP contribution >= 0.6 is 0 Å². The fourth-order valence-corrected chi connectivity index (χ4v) is 2.44. The van der Waals surface area contributed by atoms with Gasteiger partial charge in [-0.15, -0.1) is 0 Å². The molecule has 0 spiro atoms. The van der Waals surface area contributed by atoms with E-state index in [1.165, 1.54) is 35.1 Å². The maximum atomic E-state index is 13.1. The Hall–Kier alpha value is -2.79. The molecule has 0 aliphatic heterocycles. The summed E-state index contributed by atoms with van der Waals surface area (Å²) < 4.78 is 14.4. The summed E-state index contributed by atoms with van der Waals surface area (Å²) in [6, 6.07) is 15.1. The molecule has 0 radical (unpaired) electrons. The summed E-state index contributed by atoms with van der Waals surface area (Å²) in [5.41, 5.74) is 1.96. The highest BCUT2D eigenvalue weighted by Crippen LogP contribution is 2.20. The lowest BCUT2D eigenvalue weighted by atomic mass is 10.0. The van der Waals surface area contributed by atoms with E-state index in [4.69, 9.17) is 0 Å². The monoisotopic (exact) mass is 310 g/mol. The van der Waals surface area contributed by atoms with Crippen molar-refractivity contribution in [1.82, 2.24) is 9.78 Å². The number of nitrogens with zero attached hydrogens (tertiary/aromatic N) is 2. The third kappa shape index (κ3) is 3.19. The zero-order chi connectivity index (χ0) is 16.2. The first-order valence-corrected chi connectivity index (χ1v) is 7.19. The van der Waals surface area contributed by atoms with Crippen LogP contribution in [0.5, 0.6) is 0 Å². The molecule has 3 rings (SSSR count). The van der Waals surface area contributed by atoms with Gasteiger partial charge in [0, 0.05) is 5.56 Å². The lowest BCUT2D eigenvalue weighted by Crippen LogP contribution is -2.26. The average Bonchev–Trinajstić information content (AvgIpc) is 2.58. The molecule has 0 aliphatic rings. The number of hydrogen-bond donors (Lipinski definition) is 1. The van der Waals surface area contributed by atoms with E-state index >= 15 is 0 Å². The smallest absolute Gasteiger partial charge is 0.275 e. The van der Waals surface area contributed by atoms with Crippen LogP contribution in [0.4, 0.5) is 4.39 Å². The zero-order valence-electron chi connectivity index (χ0n) is 12.3. The van der Waals surface area contributed by atoms with Gasteiger partial charge in [-0.25, -0.2) is 9.07 Å². The van der Waals surface area contributed by atoms with Crippen molar-refractivity contribution in [1.29, 1.82) is 0 Å². The van der Waals surface area contributed by atoms with E-state index < -0.39 is 0 Å². The first kappa shape index (κ1) is 15.1. The van der Waals surface area contributed by atoms with Crippen LogP contribution in [0, 0.1) is 5.82 Å². The van der Waals surface area contributed by atoms with Crippen LogP contribution in [0.15, 0.2) is 65.6 Å². The summed E-state index contributed by atoms with van der Waals surface area (Å²) in [7, 11) is 0. The van der Waals surface area contributed by atoms with E-state index in [0.29, 0.717) is 23.2 Å². The van der Waals surface area contributed by atoms with Gasteiger partial charge in [-0.2, -0.15) is 5.10 Å². The highest BCUT2D eigenvalue weighted by Gasteiger charge is 2.13. The average molecular weight is 310 g/mol. The molecule has 3 aromatic rings. The number of aromatic nitrogens is 2. The van der Waals surface area contributed by atoms with Crippen molar-refractivity contribution in [3.8, 4) is 11.1 Å². The van der Waals surface area contributed by atoms with Crippen molar-refractivity contribution in [3.63, 3.8) is 0 Å². The molecule has 1 heterocycles. The fourth-order valence-electron chi connectivity index (χ4n) is 2.44. The van der Waals surface area contributed by atoms with Crippen LogP contribution in [0.1, 0.15) is 11.1 Å². The molecule has 0 amide bonds. The number of rotatable bonds is 4. The minimum absolute atomic E-state index is 0.304. The Balaban J connectivity index is 2.09. The minimum atomic E-state index is -0.377. The van der Waals surface area contributed by atoms with Crippen LogP contribution in [-0.4, -0.2) is 14.9 Å². The number of hydrogen-bond acceptors (Lipinski definition) is 3. The minimum Gasteiger partial charge on any atom is -0.392 e. The molecule has 0 unspecified atom stereocenters. The Morgan fingerprint density at radius 2 is 1.74 bits per heavy atom. The third-order valence-electron chi connectivity index (χ3n) is 3.60. The van der Waals surface area contributed by atoms with Gasteiger partial charge in [0.25, 0.3) is 5.56 Å². The van der Waals surface area contributed by atoms with Gasteiger partial charge < -0.3 is 5.11 Å². The van der Waals surface area contributed by atoms with Gasteiger partial charge in [-0.3, -0.25) is 4.79 Å². The van der Waals surface area contributed by atoms with Crippen molar-refractivity contribution in [2.75, 3.05) is 0 Å². The standard InChI is InChI=1S/C18H15FN2O2/c19-16-8-6-14(7-9-16)17-15(12-22)10-20-21(18(17)23)11-13-4-2-1-3-5-13/h1-10,22H,11-12H2. The molecule has 23 heavy (non-hydrogen) atoms. The van der Waals surface area contributed by atoms with Gasteiger partial charge in [0.15, 0.2) is 0 Å². The number of aliphatic hydroxyl groups is 1. The Morgan fingerprint density at radius 3 is 2.39 bits per heavy atom. The third-order valence-corrected chi connectivity index (χ3v) is 3.60. The van der Waals surface area contributed by atoms with E-state index in [-0.39, 0.29) is 18.0 Å². The molecule has 5 heteroatoms. The summed E-state index contributed by atoms with van der Waals surface area (Å²) in [6.07, 6.45) is 1.48. The number of aliphatic hydroxyl groups excluding tert-OH is 1. The molecular weight excluding hydrogens is 295 g/mol. The molecule has 0 saturated heterocycles. The quantitative estimate of drug-likeness (QED) is 0.806. The molecule has 0 atom stereocenters. The van der Waals surface area contributed by atoms with Crippen LogP contribution in [-0.2, 0) is 13.2 Å². The summed E-state index contributed by atoms with van der Waals surface area (Å²) in [5, 5.41) is 13.6. The van der Waals surface area contributed by atoms with Gasteiger partial charge in [-0.05, 0) is 23.3 Å². The van der Waals surface area contributed by atoms with Crippen molar-refractivity contribution in [2.45, 2.75) is 13.2 Å². The molecule has 1 aromatic heterocycles. The van der Waals surface area contributed by atoms with Crippen molar-refractivity contribution < 1.29 is 9.50 Å². The van der Waals surface area contributed by atoms with Crippen molar-refractivity contribution in [2.24, 2.45) is 0 Å². The molecule has 116 valence electrons. The second kappa shape index (κ2) is 6.54. The Morgan fingerprint density at radius 1 is 1.04 bits per heavy atom. The summed E-state index contributed by atoms with van der Waals surface area (Å²) in [5.74, 6) is -0.377. The van der Waals surface area contributed by atoms with E-state index in [2.05, 4.69) is 5.10 Å². The topological polar surface area (TPSA) is 55.1 Å². The largest absolute Gasteiger partial charge is 0.392 e. The van der Waals surface area contributed by atoms with Crippen LogP contribution in [0.25, 0.3) is 11.1 Å². The molecular formula is C18H15FN2O2. The highest BCUT2D eigenvalue weighted by atomic mass is 19.1. The van der Waals surface area contributed by atoms with Gasteiger partial charge >= 0.3 is 0 Å². The maximum absolute atomic E-state index is 13.1.